The van der Waals surface area contributed by atoms with Gasteiger partial charge in [0.1, 0.15) is 4.21 Å². The van der Waals surface area contributed by atoms with Crippen LogP contribution in [-0.4, -0.2) is 26.4 Å². The van der Waals surface area contributed by atoms with Crippen LogP contribution in [0.4, 0.5) is 13.2 Å². The van der Waals surface area contributed by atoms with Gasteiger partial charge in [0.2, 0.25) is 10.0 Å². The Kier molecular flexibility index (Phi) is 10.2. The molecule has 0 bridgehead atoms. The molecule has 2 rings (SSSR count). The Labute approximate surface area is 193 Å². The van der Waals surface area contributed by atoms with Crippen molar-refractivity contribution in [1.29, 1.82) is 0 Å². The fraction of sp³-hybridized carbons (Fsp3) is 0.565. The highest BCUT2D eigenvalue weighted by Gasteiger charge is 2.30. The lowest BCUT2D eigenvalue weighted by molar-refractivity contribution is -0.137. The third kappa shape index (κ3) is 8.17. The highest BCUT2D eigenvalue weighted by Crippen LogP contribution is 2.30. The van der Waals surface area contributed by atoms with Gasteiger partial charge < -0.3 is 0 Å². The first-order valence-electron chi connectivity index (χ1n) is 11.1. The molecule has 0 amide bonds. The van der Waals surface area contributed by atoms with Crippen molar-refractivity contribution in [3.63, 3.8) is 0 Å². The highest BCUT2D eigenvalue weighted by molar-refractivity contribution is 7.91. The van der Waals surface area contributed by atoms with Crippen LogP contribution >= 0.6 is 11.3 Å². The van der Waals surface area contributed by atoms with Gasteiger partial charge in [0.25, 0.3) is 0 Å². The van der Waals surface area contributed by atoms with Gasteiger partial charge in [-0.3, -0.25) is 4.90 Å². The molecule has 1 aromatic heterocycles. The number of halogens is 3. The third-order valence-electron chi connectivity index (χ3n) is 5.49. The summed E-state index contributed by atoms with van der Waals surface area (Å²) < 4.78 is 67.3. The number of alkyl halides is 3. The van der Waals surface area contributed by atoms with E-state index in [1.807, 2.05) is 11.8 Å². The van der Waals surface area contributed by atoms with Gasteiger partial charge in [0.05, 0.1) is 5.56 Å². The van der Waals surface area contributed by atoms with Crippen molar-refractivity contribution < 1.29 is 21.6 Å². The number of unbranched alkanes of at least 4 members (excludes halogenated alkanes) is 1. The van der Waals surface area contributed by atoms with Crippen molar-refractivity contribution in [3.05, 3.63) is 52.4 Å². The van der Waals surface area contributed by atoms with Crippen LogP contribution in [0.3, 0.4) is 0 Å². The van der Waals surface area contributed by atoms with Crippen molar-refractivity contribution in [2.24, 2.45) is 5.92 Å². The number of nitrogens with zero attached hydrogens (tertiary/aromatic N) is 1. The minimum absolute atomic E-state index is 0.271. The van der Waals surface area contributed by atoms with E-state index in [4.69, 9.17) is 0 Å². The predicted molar refractivity (Wildman–Crippen MR) is 124 cm³/mol. The maximum absolute atomic E-state index is 13.0. The van der Waals surface area contributed by atoms with Gasteiger partial charge >= 0.3 is 6.18 Å². The van der Waals surface area contributed by atoms with E-state index in [-0.39, 0.29) is 4.21 Å². The van der Waals surface area contributed by atoms with E-state index in [1.165, 1.54) is 23.5 Å². The molecule has 0 fully saturated rings. The lowest BCUT2D eigenvalue weighted by Crippen LogP contribution is -2.28. The number of sulfonamides is 1. The zero-order valence-corrected chi connectivity index (χ0v) is 20.5. The molecule has 1 unspecified atom stereocenters. The summed E-state index contributed by atoms with van der Waals surface area (Å²) in [5, 5.41) is 0. The molecular formula is C23H33F3N2O2S2. The Morgan fingerprint density at radius 3 is 2.47 bits per heavy atom. The van der Waals surface area contributed by atoms with Crippen molar-refractivity contribution in [3.8, 4) is 0 Å². The molecular weight excluding hydrogens is 457 g/mol. The summed E-state index contributed by atoms with van der Waals surface area (Å²) in [6, 6.07) is 8.70. The van der Waals surface area contributed by atoms with Gasteiger partial charge in [-0.05, 0) is 42.6 Å². The summed E-state index contributed by atoms with van der Waals surface area (Å²) in [5.41, 5.74) is -0.0867. The van der Waals surface area contributed by atoms with Crippen LogP contribution in [0, 0.1) is 5.92 Å². The van der Waals surface area contributed by atoms with Crippen molar-refractivity contribution >= 4 is 21.4 Å². The fourth-order valence-corrected chi connectivity index (χ4v) is 5.99. The molecule has 4 nitrogen and oxygen atoms in total. The second-order valence-corrected chi connectivity index (χ2v) is 11.2. The SMILES string of the molecule is CCCCC(CC)CNS(=O)(=O)c1ccc(CN(CC)Cc2cccc(C(F)(F)F)c2)s1. The molecule has 0 aliphatic carbocycles. The van der Waals surface area contributed by atoms with Crippen molar-refractivity contribution in [1.82, 2.24) is 9.62 Å². The monoisotopic (exact) mass is 490 g/mol. The molecule has 32 heavy (non-hydrogen) atoms. The molecule has 1 heterocycles. The first kappa shape index (κ1) is 26.8. The van der Waals surface area contributed by atoms with Crippen LogP contribution in [-0.2, 0) is 29.3 Å². The van der Waals surface area contributed by atoms with Gasteiger partial charge in [0, 0.05) is 24.5 Å². The second-order valence-electron chi connectivity index (χ2n) is 7.99. The minimum Gasteiger partial charge on any atom is -0.294 e. The zero-order chi connectivity index (χ0) is 23.8. The molecule has 0 aliphatic heterocycles. The lowest BCUT2D eigenvalue weighted by Gasteiger charge is -2.20. The van der Waals surface area contributed by atoms with Gasteiger partial charge in [-0.1, -0.05) is 58.2 Å². The van der Waals surface area contributed by atoms with E-state index in [2.05, 4.69) is 18.6 Å². The van der Waals surface area contributed by atoms with E-state index in [1.54, 1.807) is 18.2 Å². The largest absolute Gasteiger partial charge is 0.416 e. The third-order valence-corrected chi connectivity index (χ3v) is 8.48. The van der Waals surface area contributed by atoms with E-state index in [0.29, 0.717) is 37.7 Å². The molecule has 1 atom stereocenters. The predicted octanol–water partition coefficient (Wildman–Crippen LogP) is 6.28. The van der Waals surface area contributed by atoms with E-state index in [0.717, 1.165) is 36.6 Å². The number of thiophene rings is 1. The number of benzene rings is 1. The number of hydrogen-bond acceptors (Lipinski definition) is 4. The summed E-state index contributed by atoms with van der Waals surface area (Å²) >= 11 is 1.21. The average molecular weight is 491 g/mol. The van der Waals surface area contributed by atoms with E-state index < -0.39 is 21.8 Å². The average Bonchev–Trinajstić information content (AvgIpc) is 3.22. The molecule has 0 saturated heterocycles. The normalized spacial score (nSPS) is 13.6. The van der Waals surface area contributed by atoms with Crippen LogP contribution in [0.25, 0.3) is 0 Å². The molecule has 2 aromatic rings. The smallest absolute Gasteiger partial charge is 0.294 e. The molecule has 1 aromatic carbocycles. The topological polar surface area (TPSA) is 49.4 Å². The molecule has 0 spiro atoms. The molecule has 9 heteroatoms. The molecule has 0 radical (unpaired) electrons. The van der Waals surface area contributed by atoms with E-state index in [9.17, 15) is 21.6 Å². The second kappa shape index (κ2) is 12.2. The van der Waals surface area contributed by atoms with Gasteiger partial charge in [-0.15, -0.1) is 11.3 Å². The first-order chi connectivity index (χ1) is 15.1. The van der Waals surface area contributed by atoms with Gasteiger partial charge in [-0.25, -0.2) is 13.1 Å². The quantitative estimate of drug-likeness (QED) is 0.359. The highest BCUT2D eigenvalue weighted by atomic mass is 32.2. The maximum atomic E-state index is 13.0. The number of rotatable bonds is 13. The van der Waals surface area contributed by atoms with Crippen LogP contribution in [0.15, 0.2) is 40.6 Å². The maximum Gasteiger partial charge on any atom is 0.416 e. The summed E-state index contributed by atoms with van der Waals surface area (Å²) in [5.74, 6) is 0.326. The Morgan fingerprint density at radius 1 is 1.09 bits per heavy atom. The van der Waals surface area contributed by atoms with Crippen molar-refractivity contribution in [2.75, 3.05) is 13.1 Å². The zero-order valence-electron chi connectivity index (χ0n) is 18.9. The van der Waals surface area contributed by atoms with Crippen molar-refractivity contribution in [2.45, 2.75) is 69.9 Å². The van der Waals surface area contributed by atoms with Crippen LogP contribution < -0.4 is 4.72 Å². The molecule has 0 aliphatic rings. The Bertz CT molecular complexity index is 943. The molecule has 180 valence electrons. The van der Waals surface area contributed by atoms with E-state index >= 15 is 0 Å². The summed E-state index contributed by atoms with van der Waals surface area (Å²) in [7, 11) is -3.57. The Balaban J connectivity index is 2.01. The lowest BCUT2D eigenvalue weighted by atomic mass is 10.00. The summed E-state index contributed by atoms with van der Waals surface area (Å²) in [4.78, 5) is 2.85. The Hall–Kier alpha value is -1.42. The summed E-state index contributed by atoms with van der Waals surface area (Å²) in [6.07, 6.45) is -0.260. The van der Waals surface area contributed by atoms with Crippen LogP contribution in [0.1, 0.15) is 62.5 Å². The summed E-state index contributed by atoms with van der Waals surface area (Å²) in [6.45, 7) is 8.02. The Morgan fingerprint density at radius 2 is 1.84 bits per heavy atom. The standard InChI is InChI=1S/C23H33F3N2O2S2/c1-4-7-9-18(5-2)15-27-32(29,30)22-13-12-21(31-22)17-28(6-3)16-19-10-8-11-20(14-19)23(24,25)26/h8,10-14,18,27H,4-7,9,15-17H2,1-3H3. The van der Waals surface area contributed by atoms with Gasteiger partial charge in [-0.2, -0.15) is 13.2 Å². The van der Waals surface area contributed by atoms with Crippen LogP contribution in [0.2, 0.25) is 0 Å². The molecule has 1 N–H and O–H groups in total. The first-order valence-corrected chi connectivity index (χ1v) is 13.4. The minimum atomic E-state index is -4.37. The van der Waals surface area contributed by atoms with Crippen LogP contribution in [0.5, 0.6) is 0 Å². The molecule has 0 saturated carbocycles. The number of hydrogen-bond donors (Lipinski definition) is 1. The number of nitrogens with one attached hydrogen (secondary N) is 1. The fourth-order valence-electron chi connectivity index (χ4n) is 3.43. The van der Waals surface area contributed by atoms with Gasteiger partial charge in [0.15, 0.2) is 0 Å².